The molecule has 1 aromatic carbocycles. The summed E-state index contributed by atoms with van der Waals surface area (Å²) in [6.45, 7) is 3.53. The Labute approximate surface area is 164 Å². The van der Waals surface area contributed by atoms with Gasteiger partial charge in [-0.05, 0) is 55.8 Å². The van der Waals surface area contributed by atoms with Gasteiger partial charge in [-0.2, -0.15) is 11.8 Å². The van der Waals surface area contributed by atoms with Crippen molar-refractivity contribution in [2.75, 3.05) is 25.4 Å². The van der Waals surface area contributed by atoms with E-state index in [0.717, 1.165) is 54.8 Å². The molecule has 6 heteroatoms. The summed E-state index contributed by atoms with van der Waals surface area (Å²) in [5.41, 5.74) is 1.23. The first-order chi connectivity index (χ1) is 12.7. The van der Waals surface area contributed by atoms with E-state index in [0.29, 0.717) is 6.54 Å². The van der Waals surface area contributed by atoms with Gasteiger partial charge in [-0.25, -0.2) is 0 Å². The zero-order chi connectivity index (χ0) is 18.2. The van der Waals surface area contributed by atoms with Crippen LogP contribution in [0.25, 0.3) is 0 Å². The van der Waals surface area contributed by atoms with Crippen molar-refractivity contribution in [2.24, 2.45) is 5.92 Å². The Morgan fingerprint density at radius 3 is 2.85 bits per heavy atom. The fourth-order valence-corrected chi connectivity index (χ4v) is 4.17. The van der Waals surface area contributed by atoms with Gasteiger partial charge >= 0.3 is 0 Å². The van der Waals surface area contributed by atoms with E-state index in [1.54, 1.807) is 18.0 Å². The number of furan rings is 1. The standard InChI is InChI=1S/C20H25ClN2O2S/c21-18-4-1-3-16(13-18)14-23-9-6-17(7-10-23)20(24)22-8-12-26-15-19-5-2-11-25-19/h1-5,11,13,17H,6-10,12,14-15H2,(H,22,24). The van der Waals surface area contributed by atoms with E-state index in [-0.39, 0.29) is 11.8 Å². The van der Waals surface area contributed by atoms with Crippen LogP contribution in [0.1, 0.15) is 24.2 Å². The molecular formula is C20H25ClN2O2S. The van der Waals surface area contributed by atoms with Crippen molar-refractivity contribution in [2.45, 2.75) is 25.1 Å². The summed E-state index contributed by atoms with van der Waals surface area (Å²) in [4.78, 5) is 14.7. The molecular weight excluding hydrogens is 368 g/mol. The van der Waals surface area contributed by atoms with E-state index in [9.17, 15) is 4.79 Å². The predicted molar refractivity (Wildman–Crippen MR) is 107 cm³/mol. The van der Waals surface area contributed by atoms with Gasteiger partial charge in [0.05, 0.1) is 12.0 Å². The van der Waals surface area contributed by atoms with Crippen LogP contribution in [-0.4, -0.2) is 36.2 Å². The second kappa shape index (κ2) is 10.0. The van der Waals surface area contributed by atoms with Gasteiger partial charge in [0, 0.05) is 29.8 Å². The molecule has 1 N–H and O–H groups in total. The fourth-order valence-electron chi connectivity index (χ4n) is 3.20. The molecule has 1 saturated heterocycles. The number of carbonyl (C=O) groups is 1. The van der Waals surface area contributed by atoms with Crippen molar-refractivity contribution in [3.8, 4) is 0 Å². The molecule has 0 atom stereocenters. The molecule has 0 unspecified atom stereocenters. The molecule has 2 heterocycles. The van der Waals surface area contributed by atoms with Crippen LogP contribution >= 0.6 is 23.4 Å². The van der Waals surface area contributed by atoms with Gasteiger partial charge in [-0.1, -0.05) is 23.7 Å². The van der Waals surface area contributed by atoms with E-state index in [1.807, 2.05) is 30.3 Å². The predicted octanol–water partition coefficient (Wildman–Crippen LogP) is 4.19. The number of hydrogen-bond donors (Lipinski definition) is 1. The molecule has 0 radical (unpaired) electrons. The van der Waals surface area contributed by atoms with Gasteiger partial charge < -0.3 is 9.73 Å². The molecule has 1 aliphatic rings. The number of halogens is 1. The van der Waals surface area contributed by atoms with Gasteiger partial charge in [0.15, 0.2) is 0 Å². The Balaban J connectivity index is 1.30. The van der Waals surface area contributed by atoms with Gasteiger partial charge in [-0.3, -0.25) is 9.69 Å². The lowest BCUT2D eigenvalue weighted by Gasteiger charge is -2.31. The maximum Gasteiger partial charge on any atom is 0.223 e. The number of rotatable bonds is 8. The van der Waals surface area contributed by atoms with Crippen molar-refractivity contribution >= 4 is 29.3 Å². The molecule has 140 valence electrons. The molecule has 1 amide bonds. The van der Waals surface area contributed by atoms with Crippen LogP contribution in [0.4, 0.5) is 0 Å². The first kappa shape index (κ1) is 19.3. The summed E-state index contributed by atoms with van der Waals surface area (Å²) in [6, 6.07) is 11.9. The minimum Gasteiger partial charge on any atom is -0.468 e. The molecule has 0 spiro atoms. The third kappa shape index (κ3) is 6.08. The lowest BCUT2D eigenvalue weighted by Crippen LogP contribution is -2.40. The number of carbonyl (C=O) groups excluding carboxylic acids is 1. The van der Waals surface area contributed by atoms with Crippen molar-refractivity contribution < 1.29 is 9.21 Å². The quantitative estimate of drug-likeness (QED) is 0.684. The third-order valence-electron chi connectivity index (χ3n) is 4.62. The highest BCUT2D eigenvalue weighted by molar-refractivity contribution is 7.98. The van der Waals surface area contributed by atoms with E-state index in [1.165, 1.54) is 5.56 Å². The number of amides is 1. The van der Waals surface area contributed by atoms with Crippen molar-refractivity contribution in [1.29, 1.82) is 0 Å². The highest BCUT2D eigenvalue weighted by Gasteiger charge is 2.24. The Hall–Kier alpha value is -1.43. The average Bonchev–Trinajstić information content (AvgIpc) is 3.15. The van der Waals surface area contributed by atoms with Crippen LogP contribution in [0, 0.1) is 5.92 Å². The first-order valence-electron chi connectivity index (χ1n) is 9.05. The van der Waals surface area contributed by atoms with Crippen LogP contribution in [0.2, 0.25) is 5.02 Å². The molecule has 0 bridgehead atoms. The zero-order valence-corrected chi connectivity index (χ0v) is 16.4. The minimum absolute atomic E-state index is 0.140. The van der Waals surface area contributed by atoms with E-state index in [2.05, 4.69) is 16.3 Å². The molecule has 26 heavy (non-hydrogen) atoms. The number of benzene rings is 1. The van der Waals surface area contributed by atoms with Crippen molar-refractivity contribution in [1.82, 2.24) is 10.2 Å². The summed E-state index contributed by atoms with van der Waals surface area (Å²) >= 11 is 7.82. The molecule has 2 aromatic rings. The van der Waals surface area contributed by atoms with Gasteiger partial charge in [0.2, 0.25) is 5.91 Å². The van der Waals surface area contributed by atoms with E-state index >= 15 is 0 Å². The summed E-state index contributed by atoms with van der Waals surface area (Å²) in [6.07, 6.45) is 3.54. The maximum absolute atomic E-state index is 12.3. The molecule has 0 saturated carbocycles. The number of hydrogen-bond acceptors (Lipinski definition) is 4. The van der Waals surface area contributed by atoms with Crippen LogP contribution in [0.15, 0.2) is 47.1 Å². The number of piperidine rings is 1. The van der Waals surface area contributed by atoms with Crippen LogP contribution in [-0.2, 0) is 17.1 Å². The summed E-state index contributed by atoms with van der Waals surface area (Å²) in [5, 5.41) is 3.86. The zero-order valence-electron chi connectivity index (χ0n) is 14.8. The molecule has 1 fully saturated rings. The smallest absolute Gasteiger partial charge is 0.223 e. The number of thioether (sulfide) groups is 1. The molecule has 0 aliphatic carbocycles. The largest absolute Gasteiger partial charge is 0.468 e. The lowest BCUT2D eigenvalue weighted by atomic mass is 9.95. The van der Waals surface area contributed by atoms with Crippen molar-refractivity contribution in [3.05, 3.63) is 59.0 Å². The summed E-state index contributed by atoms with van der Waals surface area (Å²) in [5.74, 6) is 3.07. The van der Waals surface area contributed by atoms with E-state index < -0.39 is 0 Å². The monoisotopic (exact) mass is 392 g/mol. The molecule has 1 aromatic heterocycles. The maximum atomic E-state index is 12.3. The minimum atomic E-state index is 0.140. The number of nitrogens with zero attached hydrogens (tertiary/aromatic N) is 1. The number of nitrogens with one attached hydrogen (secondary N) is 1. The Morgan fingerprint density at radius 2 is 2.12 bits per heavy atom. The third-order valence-corrected chi connectivity index (χ3v) is 5.84. The van der Waals surface area contributed by atoms with E-state index in [4.69, 9.17) is 16.0 Å². The molecule has 1 aliphatic heterocycles. The lowest BCUT2D eigenvalue weighted by molar-refractivity contribution is -0.126. The Bertz CT molecular complexity index is 685. The molecule has 3 rings (SSSR count). The highest BCUT2D eigenvalue weighted by Crippen LogP contribution is 2.20. The average molecular weight is 393 g/mol. The van der Waals surface area contributed by atoms with Crippen LogP contribution < -0.4 is 5.32 Å². The second-order valence-electron chi connectivity index (χ2n) is 6.60. The van der Waals surface area contributed by atoms with Gasteiger partial charge in [0.25, 0.3) is 0 Å². The van der Waals surface area contributed by atoms with Crippen molar-refractivity contribution in [3.63, 3.8) is 0 Å². The Kier molecular flexibility index (Phi) is 7.47. The Morgan fingerprint density at radius 1 is 1.27 bits per heavy atom. The van der Waals surface area contributed by atoms with Gasteiger partial charge in [0.1, 0.15) is 5.76 Å². The molecule has 4 nitrogen and oxygen atoms in total. The SMILES string of the molecule is O=C(NCCSCc1ccco1)C1CCN(Cc2cccc(Cl)c2)CC1. The summed E-state index contributed by atoms with van der Waals surface area (Å²) < 4.78 is 5.30. The van der Waals surface area contributed by atoms with Gasteiger partial charge in [-0.15, -0.1) is 0 Å². The topological polar surface area (TPSA) is 45.5 Å². The normalized spacial score (nSPS) is 15.9. The van der Waals surface area contributed by atoms with Crippen LogP contribution in [0.3, 0.4) is 0 Å². The fraction of sp³-hybridized carbons (Fsp3) is 0.450. The first-order valence-corrected chi connectivity index (χ1v) is 10.6. The van der Waals surface area contributed by atoms with Crippen LogP contribution in [0.5, 0.6) is 0 Å². The summed E-state index contributed by atoms with van der Waals surface area (Å²) in [7, 11) is 0. The second-order valence-corrected chi connectivity index (χ2v) is 8.14. The highest BCUT2D eigenvalue weighted by atomic mass is 35.5. The number of likely N-dealkylation sites (tertiary alicyclic amines) is 1.